The van der Waals surface area contributed by atoms with E-state index in [1.807, 2.05) is 23.1 Å². The van der Waals surface area contributed by atoms with Crippen molar-refractivity contribution >= 4 is 11.8 Å². The van der Waals surface area contributed by atoms with Crippen LogP contribution in [0.4, 0.5) is 0 Å². The minimum atomic E-state index is -0.225. The van der Waals surface area contributed by atoms with E-state index in [2.05, 4.69) is 4.98 Å². The maximum absolute atomic E-state index is 13.1. The van der Waals surface area contributed by atoms with Gasteiger partial charge in [-0.2, -0.15) is 0 Å². The molecule has 6 nitrogen and oxygen atoms in total. The van der Waals surface area contributed by atoms with Gasteiger partial charge in [0.2, 0.25) is 11.8 Å². The molecule has 1 aromatic rings. The Bertz CT molecular complexity index is 634. The molecular formula is C19H25N3O3. The van der Waals surface area contributed by atoms with Crippen LogP contribution in [0.1, 0.15) is 37.8 Å². The number of hydrogen-bond donors (Lipinski definition) is 0. The Hall–Kier alpha value is -1.95. The molecule has 1 aromatic heterocycles. The van der Waals surface area contributed by atoms with Crippen LogP contribution in [-0.4, -0.2) is 58.4 Å². The first kappa shape index (κ1) is 16.5. The van der Waals surface area contributed by atoms with E-state index in [1.165, 1.54) is 6.42 Å². The van der Waals surface area contributed by atoms with Gasteiger partial charge >= 0.3 is 0 Å². The number of amides is 2. The van der Waals surface area contributed by atoms with Gasteiger partial charge in [-0.3, -0.25) is 14.6 Å². The average molecular weight is 343 g/mol. The number of morpholine rings is 1. The zero-order valence-electron chi connectivity index (χ0n) is 14.5. The van der Waals surface area contributed by atoms with Gasteiger partial charge in [-0.25, -0.2) is 0 Å². The van der Waals surface area contributed by atoms with Crippen molar-refractivity contribution in [2.45, 2.75) is 50.8 Å². The molecule has 2 aliphatic heterocycles. The normalized spacial score (nSPS) is 29.6. The first-order chi connectivity index (χ1) is 12.2. The van der Waals surface area contributed by atoms with E-state index in [0.717, 1.165) is 25.0 Å². The fourth-order valence-corrected chi connectivity index (χ4v) is 4.38. The summed E-state index contributed by atoms with van der Waals surface area (Å²) in [5.74, 6) is -0.0357. The summed E-state index contributed by atoms with van der Waals surface area (Å²) in [6.45, 7) is 2.26. The topological polar surface area (TPSA) is 62.7 Å². The maximum atomic E-state index is 13.1. The minimum absolute atomic E-state index is 0.0532. The molecule has 0 spiro atoms. The van der Waals surface area contributed by atoms with Crippen LogP contribution >= 0.6 is 0 Å². The van der Waals surface area contributed by atoms with Gasteiger partial charge < -0.3 is 14.5 Å². The molecule has 3 aliphatic rings. The number of nitrogens with zero attached hydrogens (tertiary/aromatic N) is 3. The maximum Gasteiger partial charge on any atom is 0.228 e. The van der Waals surface area contributed by atoms with Gasteiger partial charge in [-0.15, -0.1) is 0 Å². The van der Waals surface area contributed by atoms with Gasteiger partial charge in [0.05, 0.1) is 36.9 Å². The summed E-state index contributed by atoms with van der Waals surface area (Å²) in [5, 5.41) is 0. The molecule has 134 valence electrons. The van der Waals surface area contributed by atoms with E-state index in [1.54, 1.807) is 11.1 Å². The third kappa shape index (κ3) is 3.40. The van der Waals surface area contributed by atoms with Gasteiger partial charge in [-0.1, -0.05) is 18.9 Å². The summed E-state index contributed by atoms with van der Waals surface area (Å²) in [7, 11) is 0. The summed E-state index contributed by atoms with van der Waals surface area (Å²) in [5.41, 5.74) is 0.864. The lowest BCUT2D eigenvalue weighted by molar-refractivity contribution is -0.153. The highest BCUT2D eigenvalue weighted by Gasteiger charge is 2.42. The van der Waals surface area contributed by atoms with Crippen LogP contribution in [0.15, 0.2) is 24.4 Å². The molecule has 1 aliphatic carbocycles. The molecule has 0 aromatic carbocycles. The van der Waals surface area contributed by atoms with Crippen molar-refractivity contribution in [2.24, 2.45) is 5.92 Å². The van der Waals surface area contributed by atoms with Crippen LogP contribution in [0.2, 0.25) is 0 Å². The largest absolute Gasteiger partial charge is 0.374 e. The van der Waals surface area contributed by atoms with Gasteiger partial charge in [0.1, 0.15) is 0 Å². The number of ether oxygens (including phenoxy) is 1. The van der Waals surface area contributed by atoms with Crippen LogP contribution in [0.5, 0.6) is 0 Å². The van der Waals surface area contributed by atoms with Crippen molar-refractivity contribution in [3.63, 3.8) is 0 Å². The highest BCUT2D eigenvalue weighted by molar-refractivity contribution is 5.89. The SMILES string of the molecule is O=C1C[C@H](C(=O)N2CCO[C@@H]3CCCC[C@H]32)CN1Cc1ccccn1. The van der Waals surface area contributed by atoms with Crippen molar-refractivity contribution in [2.75, 3.05) is 19.7 Å². The summed E-state index contributed by atoms with van der Waals surface area (Å²) >= 11 is 0. The Morgan fingerprint density at radius 3 is 3.00 bits per heavy atom. The Balaban J connectivity index is 1.41. The molecule has 0 bridgehead atoms. The van der Waals surface area contributed by atoms with E-state index in [9.17, 15) is 9.59 Å². The third-order valence-corrected chi connectivity index (χ3v) is 5.66. The smallest absolute Gasteiger partial charge is 0.228 e. The fraction of sp³-hybridized carbons (Fsp3) is 0.632. The van der Waals surface area contributed by atoms with Gasteiger partial charge in [0.15, 0.2) is 0 Å². The second-order valence-electron chi connectivity index (χ2n) is 7.29. The number of fused-ring (bicyclic) bond motifs is 1. The molecule has 1 saturated carbocycles. The first-order valence-corrected chi connectivity index (χ1v) is 9.32. The highest BCUT2D eigenvalue weighted by atomic mass is 16.5. The Labute approximate surface area is 148 Å². The van der Waals surface area contributed by atoms with Crippen molar-refractivity contribution in [3.8, 4) is 0 Å². The third-order valence-electron chi connectivity index (χ3n) is 5.66. The van der Waals surface area contributed by atoms with Crippen LogP contribution in [0.3, 0.4) is 0 Å². The lowest BCUT2D eigenvalue weighted by Crippen LogP contribution is -2.56. The number of carbonyl (C=O) groups excluding carboxylic acids is 2. The zero-order valence-corrected chi connectivity index (χ0v) is 14.5. The lowest BCUT2D eigenvalue weighted by Gasteiger charge is -2.44. The zero-order chi connectivity index (χ0) is 17.2. The molecule has 25 heavy (non-hydrogen) atoms. The Morgan fingerprint density at radius 2 is 2.16 bits per heavy atom. The van der Waals surface area contributed by atoms with Gasteiger partial charge in [-0.05, 0) is 25.0 Å². The summed E-state index contributed by atoms with van der Waals surface area (Å²) < 4.78 is 5.87. The summed E-state index contributed by atoms with van der Waals surface area (Å²) in [6, 6.07) is 5.90. The average Bonchev–Trinajstić information content (AvgIpc) is 3.02. The van der Waals surface area contributed by atoms with Crippen LogP contribution in [0, 0.1) is 5.92 Å². The van der Waals surface area contributed by atoms with Crippen molar-refractivity contribution in [1.29, 1.82) is 0 Å². The molecular weight excluding hydrogens is 318 g/mol. The molecule has 3 heterocycles. The molecule has 0 N–H and O–H groups in total. The number of likely N-dealkylation sites (tertiary alicyclic amines) is 1. The van der Waals surface area contributed by atoms with Crippen molar-refractivity contribution in [3.05, 3.63) is 30.1 Å². The molecule has 6 heteroatoms. The summed E-state index contributed by atoms with van der Waals surface area (Å²) in [6.07, 6.45) is 6.65. The molecule has 3 fully saturated rings. The predicted molar refractivity (Wildman–Crippen MR) is 91.5 cm³/mol. The fourth-order valence-electron chi connectivity index (χ4n) is 4.38. The number of rotatable bonds is 3. The molecule has 0 unspecified atom stereocenters. The first-order valence-electron chi connectivity index (χ1n) is 9.32. The van der Waals surface area contributed by atoms with E-state index >= 15 is 0 Å². The van der Waals surface area contributed by atoms with Crippen LogP contribution in [-0.2, 0) is 20.9 Å². The van der Waals surface area contributed by atoms with E-state index in [0.29, 0.717) is 32.7 Å². The number of carbonyl (C=O) groups is 2. The highest BCUT2D eigenvalue weighted by Crippen LogP contribution is 2.31. The summed E-state index contributed by atoms with van der Waals surface area (Å²) in [4.78, 5) is 33.5. The Morgan fingerprint density at radius 1 is 1.28 bits per heavy atom. The molecule has 0 radical (unpaired) electrons. The molecule has 3 atom stereocenters. The quantitative estimate of drug-likeness (QED) is 0.836. The molecule has 2 saturated heterocycles. The second kappa shape index (κ2) is 7.12. The van der Waals surface area contributed by atoms with Crippen molar-refractivity contribution < 1.29 is 14.3 Å². The van der Waals surface area contributed by atoms with Crippen LogP contribution in [0.25, 0.3) is 0 Å². The Kier molecular flexibility index (Phi) is 4.70. The van der Waals surface area contributed by atoms with Crippen molar-refractivity contribution in [1.82, 2.24) is 14.8 Å². The van der Waals surface area contributed by atoms with Crippen LogP contribution < -0.4 is 0 Å². The number of aromatic nitrogens is 1. The lowest BCUT2D eigenvalue weighted by atomic mass is 9.89. The van der Waals surface area contributed by atoms with Gasteiger partial charge in [0, 0.05) is 25.7 Å². The standard InChI is InChI=1S/C19H25N3O3/c23-18-11-14(12-21(18)13-15-5-3-4-8-20-15)19(24)22-9-10-25-17-7-2-1-6-16(17)22/h3-5,8,14,16-17H,1-2,6-7,9-13H2/t14-,16+,17+/m0/s1. The molecule has 2 amide bonds. The van der Waals surface area contributed by atoms with E-state index in [-0.39, 0.29) is 29.9 Å². The monoisotopic (exact) mass is 343 g/mol. The number of pyridine rings is 1. The minimum Gasteiger partial charge on any atom is -0.374 e. The van der Waals surface area contributed by atoms with E-state index in [4.69, 9.17) is 4.74 Å². The number of hydrogen-bond acceptors (Lipinski definition) is 4. The van der Waals surface area contributed by atoms with E-state index < -0.39 is 0 Å². The second-order valence-corrected chi connectivity index (χ2v) is 7.29. The van der Waals surface area contributed by atoms with Gasteiger partial charge in [0.25, 0.3) is 0 Å². The molecule has 4 rings (SSSR count). The predicted octanol–water partition coefficient (Wildman–Crippen LogP) is 1.60.